The smallest absolute Gasteiger partial charge is 0.180 e. The first-order valence-electron chi connectivity index (χ1n) is 7.27. The molecule has 0 spiro atoms. The van der Waals surface area contributed by atoms with Crippen molar-refractivity contribution in [2.75, 3.05) is 6.54 Å². The highest BCUT2D eigenvalue weighted by molar-refractivity contribution is 5.78. The largest absolute Gasteiger partial charge is 0.339 e. The molecule has 108 valence electrons. The van der Waals surface area contributed by atoms with Gasteiger partial charge in [0, 0.05) is 30.7 Å². The molecule has 0 saturated carbocycles. The van der Waals surface area contributed by atoms with E-state index in [1.54, 1.807) is 17.3 Å². The Morgan fingerprint density at radius 2 is 2.14 bits per heavy atom. The Morgan fingerprint density at radius 1 is 1.27 bits per heavy atom. The van der Waals surface area contributed by atoms with Gasteiger partial charge in [0.05, 0.1) is 11.6 Å². The van der Waals surface area contributed by atoms with Gasteiger partial charge < -0.3 is 9.88 Å². The third kappa shape index (κ3) is 2.07. The summed E-state index contributed by atoms with van der Waals surface area (Å²) in [4.78, 5) is 18.1. The van der Waals surface area contributed by atoms with Crippen molar-refractivity contribution in [2.24, 2.45) is 0 Å². The summed E-state index contributed by atoms with van der Waals surface area (Å²) in [5.74, 6) is 0.827. The number of rotatable bonds is 2. The van der Waals surface area contributed by atoms with E-state index in [9.17, 15) is 5.26 Å². The van der Waals surface area contributed by atoms with E-state index in [0.29, 0.717) is 5.65 Å². The molecule has 4 heterocycles. The van der Waals surface area contributed by atoms with Crippen LogP contribution in [0, 0.1) is 11.5 Å². The van der Waals surface area contributed by atoms with E-state index in [2.05, 4.69) is 26.1 Å². The summed E-state index contributed by atoms with van der Waals surface area (Å²) in [5.41, 5.74) is 3.68. The minimum atomic E-state index is 0.0450. The molecule has 1 fully saturated rings. The van der Waals surface area contributed by atoms with Crippen molar-refractivity contribution >= 4 is 11.2 Å². The Hall–Kier alpha value is -2.94. The number of hydrogen-bond donors (Lipinski definition) is 1. The number of nitrogens with zero attached hydrogens (tertiary/aromatic N) is 5. The van der Waals surface area contributed by atoms with Gasteiger partial charge in [0.15, 0.2) is 11.8 Å². The van der Waals surface area contributed by atoms with E-state index in [0.717, 1.165) is 41.9 Å². The average Bonchev–Trinajstić information content (AvgIpc) is 3.20. The van der Waals surface area contributed by atoms with Gasteiger partial charge in [-0.2, -0.15) is 5.26 Å². The zero-order valence-corrected chi connectivity index (χ0v) is 11.9. The first-order valence-corrected chi connectivity index (χ1v) is 7.27. The summed E-state index contributed by atoms with van der Waals surface area (Å²) in [5, 5.41) is 9.18. The lowest BCUT2D eigenvalue weighted by atomic mass is 10.1. The van der Waals surface area contributed by atoms with Gasteiger partial charge in [0.25, 0.3) is 0 Å². The molecule has 1 atom stereocenters. The van der Waals surface area contributed by atoms with Crippen LogP contribution in [0.3, 0.4) is 0 Å². The van der Waals surface area contributed by atoms with Crippen LogP contribution in [-0.4, -0.2) is 31.4 Å². The number of likely N-dealkylation sites (tertiary alicyclic amines) is 1. The predicted octanol–water partition coefficient (Wildman–Crippen LogP) is 2.64. The predicted molar refractivity (Wildman–Crippen MR) is 81.4 cm³/mol. The van der Waals surface area contributed by atoms with Crippen molar-refractivity contribution < 1.29 is 0 Å². The van der Waals surface area contributed by atoms with E-state index in [1.807, 2.05) is 24.4 Å². The van der Waals surface area contributed by atoms with E-state index >= 15 is 0 Å². The fraction of sp³-hybridized carbons (Fsp3) is 0.250. The fourth-order valence-corrected chi connectivity index (χ4v) is 2.95. The van der Waals surface area contributed by atoms with Crippen LogP contribution in [0.5, 0.6) is 0 Å². The second-order valence-electron chi connectivity index (χ2n) is 5.40. The molecular formula is C16H14N6. The Morgan fingerprint density at radius 3 is 2.95 bits per heavy atom. The van der Waals surface area contributed by atoms with Crippen molar-refractivity contribution in [3.05, 3.63) is 42.6 Å². The Balaban J connectivity index is 1.74. The third-order valence-electron chi connectivity index (χ3n) is 4.07. The molecule has 4 rings (SSSR count). The van der Waals surface area contributed by atoms with Crippen LogP contribution in [0.1, 0.15) is 24.7 Å². The van der Waals surface area contributed by atoms with Gasteiger partial charge in [-0.15, -0.1) is 0 Å². The van der Waals surface area contributed by atoms with E-state index < -0.39 is 0 Å². The summed E-state index contributed by atoms with van der Waals surface area (Å²) >= 11 is 0. The van der Waals surface area contributed by atoms with Crippen LogP contribution in [-0.2, 0) is 0 Å². The molecule has 1 unspecified atom stereocenters. The zero-order chi connectivity index (χ0) is 14.9. The quantitative estimate of drug-likeness (QED) is 0.734. The third-order valence-corrected chi connectivity index (χ3v) is 4.07. The topological polar surface area (TPSA) is 81.5 Å². The molecule has 1 N–H and O–H groups in total. The van der Waals surface area contributed by atoms with Gasteiger partial charge in [-0.25, -0.2) is 9.97 Å². The maximum absolute atomic E-state index is 9.18. The van der Waals surface area contributed by atoms with Crippen LogP contribution < -0.4 is 0 Å². The van der Waals surface area contributed by atoms with Gasteiger partial charge >= 0.3 is 0 Å². The minimum Gasteiger partial charge on any atom is -0.339 e. The Bertz CT molecular complexity index is 848. The molecule has 1 aliphatic heterocycles. The van der Waals surface area contributed by atoms with Crippen molar-refractivity contribution in [3.8, 4) is 17.3 Å². The number of fused-ring (bicyclic) bond motifs is 1. The molecule has 0 bridgehead atoms. The second-order valence-corrected chi connectivity index (χ2v) is 5.40. The lowest BCUT2D eigenvalue weighted by Crippen LogP contribution is -2.17. The number of H-pyrrole nitrogens is 1. The zero-order valence-electron chi connectivity index (χ0n) is 11.9. The summed E-state index contributed by atoms with van der Waals surface area (Å²) in [6, 6.07) is 5.99. The number of nitrogens with one attached hydrogen (secondary N) is 1. The van der Waals surface area contributed by atoms with E-state index in [1.165, 1.54) is 0 Å². The first-order chi connectivity index (χ1) is 10.8. The van der Waals surface area contributed by atoms with Crippen LogP contribution in [0.25, 0.3) is 22.3 Å². The van der Waals surface area contributed by atoms with Gasteiger partial charge in [-0.05, 0) is 36.6 Å². The van der Waals surface area contributed by atoms with Crippen LogP contribution in [0.15, 0.2) is 36.8 Å². The molecular weight excluding hydrogens is 276 g/mol. The van der Waals surface area contributed by atoms with E-state index in [4.69, 9.17) is 0 Å². The second kappa shape index (κ2) is 5.11. The number of aromatic nitrogens is 4. The highest BCUT2D eigenvalue weighted by atomic mass is 15.2. The number of hydrogen-bond acceptors (Lipinski definition) is 5. The summed E-state index contributed by atoms with van der Waals surface area (Å²) < 4.78 is 0. The van der Waals surface area contributed by atoms with Crippen molar-refractivity contribution in [1.29, 1.82) is 5.26 Å². The number of nitriles is 1. The van der Waals surface area contributed by atoms with E-state index in [-0.39, 0.29) is 6.04 Å². The summed E-state index contributed by atoms with van der Waals surface area (Å²) in [6.45, 7) is 0.800. The maximum Gasteiger partial charge on any atom is 0.180 e. The molecule has 0 amide bonds. The average molecular weight is 290 g/mol. The molecule has 0 aromatic carbocycles. The Labute approximate surface area is 127 Å². The van der Waals surface area contributed by atoms with Crippen LogP contribution in [0.2, 0.25) is 0 Å². The molecule has 22 heavy (non-hydrogen) atoms. The van der Waals surface area contributed by atoms with Gasteiger partial charge in [-0.1, -0.05) is 0 Å². The molecule has 6 nitrogen and oxygen atoms in total. The van der Waals surface area contributed by atoms with Gasteiger partial charge in [0.2, 0.25) is 0 Å². The molecule has 1 aliphatic rings. The van der Waals surface area contributed by atoms with Gasteiger partial charge in [-0.3, -0.25) is 4.98 Å². The molecule has 0 radical (unpaired) electrons. The fourth-order valence-electron chi connectivity index (χ4n) is 2.95. The van der Waals surface area contributed by atoms with Crippen molar-refractivity contribution in [1.82, 2.24) is 24.8 Å². The minimum absolute atomic E-state index is 0.0450. The number of aromatic amines is 1. The Kier molecular flexibility index (Phi) is 2.97. The highest BCUT2D eigenvalue weighted by Gasteiger charge is 2.27. The maximum atomic E-state index is 9.18. The monoisotopic (exact) mass is 290 g/mol. The highest BCUT2D eigenvalue weighted by Crippen LogP contribution is 2.31. The molecule has 0 aliphatic carbocycles. The summed E-state index contributed by atoms with van der Waals surface area (Å²) in [6.07, 6.45) is 9.56. The molecule has 3 aromatic rings. The summed E-state index contributed by atoms with van der Waals surface area (Å²) in [7, 11) is 0. The molecule has 6 heteroatoms. The SMILES string of the molecule is N#CN1CCCC1c1nc2ncc(-c3ccncc3)cc2[nH]1. The van der Waals surface area contributed by atoms with Crippen LogP contribution in [0.4, 0.5) is 0 Å². The molecule has 3 aromatic heterocycles. The van der Waals surface area contributed by atoms with Gasteiger partial charge in [0.1, 0.15) is 5.82 Å². The molecule has 1 saturated heterocycles. The van der Waals surface area contributed by atoms with Crippen LogP contribution >= 0.6 is 0 Å². The first kappa shape index (κ1) is 12.8. The number of pyridine rings is 2. The lowest BCUT2D eigenvalue weighted by molar-refractivity contribution is 0.362. The van der Waals surface area contributed by atoms with Crippen molar-refractivity contribution in [2.45, 2.75) is 18.9 Å². The lowest BCUT2D eigenvalue weighted by Gasteiger charge is -2.14. The normalized spacial score (nSPS) is 17.8. The number of imidazole rings is 1. The van der Waals surface area contributed by atoms with Crippen molar-refractivity contribution in [3.63, 3.8) is 0 Å². The standard InChI is InChI=1S/C16H14N6/c17-10-22-7-1-2-14(22)16-20-13-8-12(9-19-15(13)21-16)11-3-5-18-6-4-11/h3-6,8-9,14H,1-2,7H2,(H,19,20,21).